The van der Waals surface area contributed by atoms with E-state index in [2.05, 4.69) is 30.2 Å². The van der Waals surface area contributed by atoms with Crippen LogP contribution in [0.2, 0.25) is 0 Å². The van der Waals surface area contributed by atoms with Crippen LogP contribution in [0.3, 0.4) is 0 Å². The van der Waals surface area contributed by atoms with Crippen LogP contribution in [-0.2, 0) is 0 Å². The van der Waals surface area contributed by atoms with Crippen molar-refractivity contribution in [1.82, 2.24) is 25.3 Å². The van der Waals surface area contributed by atoms with E-state index in [0.717, 1.165) is 42.2 Å². The molecule has 0 saturated carbocycles. The van der Waals surface area contributed by atoms with E-state index >= 15 is 0 Å². The number of aromatic nitrogens is 4. The van der Waals surface area contributed by atoms with Gasteiger partial charge < -0.3 is 25.9 Å². The summed E-state index contributed by atoms with van der Waals surface area (Å²) in [6.45, 7) is 3.73. The van der Waals surface area contributed by atoms with Crippen LogP contribution in [0.15, 0.2) is 28.4 Å². The first-order valence-corrected chi connectivity index (χ1v) is 9.30. The number of aromatic amines is 2. The van der Waals surface area contributed by atoms with Crippen molar-refractivity contribution in [1.29, 1.82) is 0 Å². The van der Waals surface area contributed by atoms with Gasteiger partial charge >= 0.3 is 0 Å². The lowest BCUT2D eigenvalue weighted by Gasteiger charge is -2.28. The standard InChI is InChI=1S/C17H17N7OS.ClH/c18-13-9-3-8-26-17(9)23-16(25)12(13)15-20-10-1-2-11(21-14(10)22-15)24-6-4-19-5-7-24;/h1-3,8,19H,4-7H2,(H3,18,23,25)(H,20,21,22);1H. The molecule has 27 heavy (non-hydrogen) atoms. The van der Waals surface area contributed by atoms with Gasteiger partial charge in [-0.3, -0.25) is 4.79 Å². The molecule has 1 fully saturated rings. The van der Waals surface area contributed by atoms with Crippen LogP contribution in [0.1, 0.15) is 0 Å². The maximum atomic E-state index is 12.5. The summed E-state index contributed by atoms with van der Waals surface area (Å²) in [6.07, 6.45) is 0. The molecule has 1 aliphatic rings. The SMILES string of the molecule is Cl.Nc1c(-c2nc3ccc(N4CCNCC4)nc3[nH]2)c(=O)[nH]c2sccc12. The first kappa shape index (κ1) is 17.8. The topological polar surface area (TPSA) is 116 Å². The van der Waals surface area contributed by atoms with Gasteiger partial charge in [0.25, 0.3) is 5.56 Å². The van der Waals surface area contributed by atoms with Crippen LogP contribution >= 0.6 is 23.7 Å². The molecule has 4 aromatic heterocycles. The molecule has 8 nitrogen and oxygen atoms in total. The summed E-state index contributed by atoms with van der Waals surface area (Å²) >= 11 is 1.45. The molecule has 0 amide bonds. The van der Waals surface area contributed by atoms with Crippen molar-refractivity contribution in [2.24, 2.45) is 0 Å². The molecule has 0 unspecified atom stereocenters. The summed E-state index contributed by atoms with van der Waals surface area (Å²) in [5, 5.41) is 6.07. The fourth-order valence-electron chi connectivity index (χ4n) is 3.35. The number of pyridine rings is 2. The Bertz CT molecular complexity index is 1180. The predicted octanol–water partition coefficient (Wildman–Crippen LogP) is 1.94. The second-order valence-corrected chi connectivity index (χ2v) is 7.18. The molecule has 0 atom stereocenters. The number of thiophene rings is 1. The summed E-state index contributed by atoms with van der Waals surface area (Å²) in [4.78, 5) is 30.8. The van der Waals surface area contributed by atoms with E-state index in [1.54, 1.807) is 0 Å². The number of halogens is 1. The number of hydrogen-bond acceptors (Lipinski definition) is 7. The van der Waals surface area contributed by atoms with E-state index in [-0.39, 0.29) is 18.0 Å². The molecule has 1 saturated heterocycles. The Morgan fingerprint density at radius 2 is 1.93 bits per heavy atom. The lowest BCUT2D eigenvalue weighted by molar-refractivity contribution is 0.585. The van der Waals surface area contributed by atoms with Gasteiger partial charge in [-0.15, -0.1) is 23.7 Å². The van der Waals surface area contributed by atoms with Gasteiger partial charge in [0.1, 0.15) is 27.6 Å². The predicted molar refractivity (Wildman–Crippen MR) is 112 cm³/mol. The Morgan fingerprint density at radius 3 is 2.74 bits per heavy atom. The molecule has 0 spiro atoms. The van der Waals surface area contributed by atoms with Gasteiger partial charge in [-0.1, -0.05) is 0 Å². The molecule has 0 radical (unpaired) electrons. The number of anilines is 2. The van der Waals surface area contributed by atoms with Gasteiger partial charge in [0.15, 0.2) is 5.65 Å². The molecule has 5 rings (SSSR count). The van der Waals surface area contributed by atoms with Crippen molar-refractivity contribution in [3.8, 4) is 11.4 Å². The van der Waals surface area contributed by atoms with Gasteiger partial charge in [0.2, 0.25) is 0 Å². The Kier molecular flexibility index (Phi) is 4.50. The summed E-state index contributed by atoms with van der Waals surface area (Å²) in [5.41, 5.74) is 8.16. The number of piperazine rings is 1. The van der Waals surface area contributed by atoms with Crippen LogP contribution in [0, 0.1) is 0 Å². The monoisotopic (exact) mass is 403 g/mol. The zero-order valence-electron chi connectivity index (χ0n) is 14.3. The Hall–Kier alpha value is -2.62. The largest absolute Gasteiger partial charge is 0.397 e. The minimum absolute atomic E-state index is 0. The molecule has 140 valence electrons. The number of hydrogen-bond donors (Lipinski definition) is 4. The smallest absolute Gasteiger partial charge is 0.262 e. The van der Waals surface area contributed by atoms with E-state index in [1.807, 2.05) is 23.6 Å². The van der Waals surface area contributed by atoms with Gasteiger partial charge in [0.05, 0.1) is 5.69 Å². The van der Waals surface area contributed by atoms with E-state index in [0.29, 0.717) is 28.2 Å². The molecule has 5 heterocycles. The summed E-state index contributed by atoms with van der Waals surface area (Å²) in [5.74, 6) is 1.35. The fraction of sp³-hybridized carbons (Fsp3) is 0.235. The van der Waals surface area contributed by atoms with Crippen LogP contribution in [0.25, 0.3) is 32.8 Å². The maximum Gasteiger partial charge on any atom is 0.262 e. The number of nitrogens with one attached hydrogen (secondary N) is 3. The number of fused-ring (bicyclic) bond motifs is 2. The van der Waals surface area contributed by atoms with Gasteiger partial charge in [-0.2, -0.15) is 0 Å². The average molecular weight is 404 g/mol. The van der Waals surface area contributed by atoms with Crippen molar-refractivity contribution in [3.63, 3.8) is 0 Å². The van der Waals surface area contributed by atoms with Crippen molar-refractivity contribution in [2.45, 2.75) is 0 Å². The summed E-state index contributed by atoms with van der Waals surface area (Å²) < 4.78 is 0. The van der Waals surface area contributed by atoms with E-state index < -0.39 is 0 Å². The zero-order chi connectivity index (χ0) is 17.7. The molecular weight excluding hydrogens is 386 g/mol. The molecule has 10 heteroatoms. The number of nitrogen functional groups attached to an aromatic ring is 1. The van der Waals surface area contributed by atoms with E-state index in [4.69, 9.17) is 5.73 Å². The second-order valence-electron chi connectivity index (χ2n) is 6.27. The first-order valence-electron chi connectivity index (χ1n) is 8.42. The Labute approximate surface area is 164 Å². The Balaban J connectivity index is 0.00000180. The highest BCUT2D eigenvalue weighted by molar-refractivity contribution is 7.16. The number of imidazole rings is 1. The molecule has 0 bridgehead atoms. The highest BCUT2D eigenvalue weighted by atomic mass is 35.5. The highest BCUT2D eigenvalue weighted by Gasteiger charge is 2.18. The van der Waals surface area contributed by atoms with Gasteiger partial charge in [0, 0.05) is 31.6 Å². The van der Waals surface area contributed by atoms with Crippen molar-refractivity contribution in [3.05, 3.63) is 33.9 Å². The third-order valence-corrected chi connectivity index (χ3v) is 5.51. The number of nitrogens with zero attached hydrogens (tertiary/aromatic N) is 3. The van der Waals surface area contributed by atoms with Crippen LogP contribution in [0.5, 0.6) is 0 Å². The van der Waals surface area contributed by atoms with Gasteiger partial charge in [-0.05, 0) is 23.6 Å². The molecule has 5 N–H and O–H groups in total. The first-order chi connectivity index (χ1) is 12.7. The normalized spacial score (nSPS) is 14.6. The maximum absolute atomic E-state index is 12.5. The van der Waals surface area contributed by atoms with E-state index in [1.165, 1.54) is 11.3 Å². The lowest BCUT2D eigenvalue weighted by atomic mass is 10.2. The third-order valence-electron chi connectivity index (χ3n) is 4.68. The Morgan fingerprint density at radius 1 is 1.11 bits per heavy atom. The second kappa shape index (κ2) is 6.84. The molecular formula is C17H18ClN7OS. The fourth-order valence-corrected chi connectivity index (χ4v) is 4.15. The quantitative estimate of drug-likeness (QED) is 0.406. The van der Waals surface area contributed by atoms with Crippen molar-refractivity contribution < 1.29 is 0 Å². The molecule has 4 aromatic rings. The highest BCUT2D eigenvalue weighted by Crippen LogP contribution is 2.30. The minimum Gasteiger partial charge on any atom is -0.397 e. The van der Waals surface area contributed by atoms with Crippen LogP contribution in [-0.4, -0.2) is 46.1 Å². The van der Waals surface area contributed by atoms with Gasteiger partial charge in [-0.25, -0.2) is 9.97 Å². The lowest BCUT2D eigenvalue weighted by Crippen LogP contribution is -2.43. The molecule has 0 aromatic carbocycles. The third kappa shape index (κ3) is 2.93. The number of nitrogens with two attached hydrogens (primary N) is 1. The van der Waals surface area contributed by atoms with Crippen molar-refractivity contribution in [2.75, 3.05) is 36.8 Å². The molecule has 1 aliphatic heterocycles. The number of H-pyrrole nitrogens is 2. The minimum atomic E-state index is -0.251. The average Bonchev–Trinajstić information content (AvgIpc) is 3.28. The summed E-state index contributed by atoms with van der Waals surface area (Å²) in [7, 11) is 0. The van der Waals surface area contributed by atoms with E-state index in [9.17, 15) is 4.79 Å². The summed E-state index contributed by atoms with van der Waals surface area (Å²) in [6, 6.07) is 5.79. The number of rotatable bonds is 2. The van der Waals surface area contributed by atoms with Crippen molar-refractivity contribution >= 4 is 56.6 Å². The van der Waals surface area contributed by atoms with Crippen LogP contribution in [0.4, 0.5) is 11.5 Å². The molecule has 0 aliphatic carbocycles. The van der Waals surface area contributed by atoms with Crippen LogP contribution < -0.4 is 21.5 Å². The zero-order valence-corrected chi connectivity index (χ0v) is 15.9.